The van der Waals surface area contributed by atoms with Crippen LogP contribution >= 0.6 is 0 Å². The molecule has 0 spiro atoms. The molecule has 0 bridgehead atoms. The van der Waals surface area contributed by atoms with Gasteiger partial charge < -0.3 is 25.1 Å². The van der Waals surface area contributed by atoms with Crippen molar-refractivity contribution in [2.24, 2.45) is 4.99 Å². The molecule has 0 radical (unpaired) electrons. The zero-order valence-electron chi connectivity index (χ0n) is 16.0. The standard InChI is InChI=1S/C21H20N6O3/c28-19-18(25-21-27-26-20(30-21)16-12-29-11-10-22-16)24-17(13-6-2-1-3-7-13)14-8-4-5-9-15(14)23-19/h1-9,16,18,22H,10-12H2,(H,23,28)(H,25,27)/t16-,18?/m0/s1. The number of nitrogens with one attached hydrogen (secondary N) is 3. The van der Waals surface area contributed by atoms with Crippen molar-refractivity contribution in [3.63, 3.8) is 0 Å². The maximum absolute atomic E-state index is 12.9. The third-order valence-electron chi connectivity index (χ3n) is 4.91. The average molecular weight is 404 g/mol. The van der Waals surface area contributed by atoms with Crippen LogP contribution in [0.1, 0.15) is 23.1 Å². The number of anilines is 2. The number of aliphatic imine (C=N–C) groups is 1. The van der Waals surface area contributed by atoms with Crippen molar-refractivity contribution in [3.05, 3.63) is 71.6 Å². The largest absolute Gasteiger partial charge is 0.406 e. The Bertz CT molecular complexity index is 1080. The van der Waals surface area contributed by atoms with Gasteiger partial charge >= 0.3 is 6.01 Å². The maximum atomic E-state index is 12.9. The van der Waals surface area contributed by atoms with E-state index >= 15 is 0 Å². The summed E-state index contributed by atoms with van der Waals surface area (Å²) in [5.74, 6) is 0.0917. The Morgan fingerprint density at radius 3 is 2.70 bits per heavy atom. The second kappa shape index (κ2) is 8.05. The highest BCUT2D eigenvalue weighted by atomic mass is 16.5. The fourth-order valence-electron chi connectivity index (χ4n) is 3.46. The Morgan fingerprint density at radius 2 is 1.87 bits per heavy atom. The summed E-state index contributed by atoms with van der Waals surface area (Å²) in [5.41, 5.74) is 3.15. The number of ether oxygens (including phenoxy) is 1. The van der Waals surface area contributed by atoms with Gasteiger partial charge in [-0.2, -0.15) is 0 Å². The van der Waals surface area contributed by atoms with E-state index < -0.39 is 6.17 Å². The van der Waals surface area contributed by atoms with Crippen LogP contribution in [0, 0.1) is 0 Å². The lowest BCUT2D eigenvalue weighted by Gasteiger charge is -2.20. The van der Waals surface area contributed by atoms with Gasteiger partial charge in [-0.25, -0.2) is 4.99 Å². The highest BCUT2D eigenvalue weighted by molar-refractivity contribution is 6.19. The molecule has 1 saturated heterocycles. The molecule has 0 saturated carbocycles. The molecule has 1 amide bonds. The van der Waals surface area contributed by atoms with Gasteiger partial charge in [0.15, 0.2) is 0 Å². The van der Waals surface area contributed by atoms with E-state index in [9.17, 15) is 4.79 Å². The minimum absolute atomic E-state index is 0.125. The fourth-order valence-corrected chi connectivity index (χ4v) is 3.46. The van der Waals surface area contributed by atoms with Crippen molar-refractivity contribution in [2.45, 2.75) is 12.2 Å². The number of rotatable bonds is 4. The lowest BCUT2D eigenvalue weighted by molar-refractivity contribution is -0.116. The topological polar surface area (TPSA) is 114 Å². The molecule has 1 fully saturated rings. The molecule has 2 atom stereocenters. The van der Waals surface area contributed by atoms with Crippen molar-refractivity contribution in [1.29, 1.82) is 0 Å². The van der Waals surface area contributed by atoms with Gasteiger partial charge in [0.1, 0.15) is 6.04 Å². The quantitative estimate of drug-likeness (QED) is 0.609. The van der Waals surface area contributed by atoms with Crippen molar-refractivity contribution in [3.8, 4) is 0 Å². The Kier molecular flexibility index (Phi) is 4.96. The molecular formula is C21H20N6O3. The van der Waals surface area contributed by atoms with Crippen molar-refractivity contribution < 1.29 is 13.9 Å². The molecule has 0 aliphatic carbocycles. The van der Waals surface area contributed by atoms with Crippen LogP contribution in [0.25, 0.3) is 0 Å². The number of hydrogen-bond acceptors (Lipinski definition) is 8. The van der Waals surface area contributed by atoms with Gasteiger partial charge in [-0.15, -0.1) is 5.10 Å². The van der Waals surface area contributed by atoms with E-state index in [1.165, 1.54) is 0 Å². The molecule has 3 heterocycles. The number of carbonyl (C=O) groups is 1. The summed E-state index contributed by atoms with van der Waals surface area (Å²) in [6.45, 7) is 1.82. The van der Waals surface area contributed by atoms with Gasteiger partial charge in [0.2, 0.25) is 12.1 Å². The molecule has 2 aromatic carbocycles. The van der Waals surface area contributed by atoms with Crippen molar-refractivity contribution in [2.75, 3.05) is 30.4 Å². The van der Waals surface area contributed by atoms with Gasteiger partial charge in [0, 0.05) is 17.7 Å². The summed E-state index contributed by atoms with van der Waals surface area (Å²) in [6.07, 6.45) is -0.934. The average Bonchev–Trinajstić information content (AvgIpc) is 3.21. The van der Waals surface area contributed by atoms with Crippen LogP contribution in [0.5, 0.6) is 0 Å². The Labute approximate surface area is 172 Å². The molecular weight excluding hydrogens is 384 g/mol. The van der Waals surface area contributed by atoms with Crippen molar-refractivity contribution in [1.82, 2.24) is 15.5 Å². The molecule has 3 N–H and O–H groups in total. The lowest BCUT2D eigenvalue weighted by atomic mass is 10.0. The molecule has 2 aliphatic rings. The highest BCUT2D eigenvalue weighted by Gasteiger charge is 2.28. The lowest BCUT2D eigenvalue weighted by Crippen LogP contribution is -2.34. The number of fused-ring (bicyclic) bond motifs is 1. The molecule has 1 aromatic heterocycles. The SMILES string of the molecule is O=C1Nc2ccccc2C(c2ccccc2)=NC1Nc1nnc([C@@H]2COCCN2)o1. The van der Waals surface area contributed by atoms with E-state index in [1.807, 2.05) is 54.6 Å². The first-order chi connectivity index (χ1) is 14.8. The van der Waals surface area contributed by atoms with E-state index in [1.54, 1.807) is 0 Å². The van der Waals surface area contributed by atoms with Crippen molar-refractivity contribution >= 4 is 23.3 Å². The molecule has 2 aliphatic heterocycles. The molecule has 30 heavy (non-hydrogen) atoms. The second-order valence-electron chi connectivity index (χ2n) is 6.95. The van der Waals surface area contributed by atoms with Gasteiger partial charge in [0.05, 0.1) is 24.6 Å². The number of nitrogens with zero attached hydrogens (tertiary/aromatic N) is 3. The van der Waals surface area contributed by atoms with Gasteiger partial charge in [0.25, 0.3) is 5.91 Å². The van der Waals surface area contributed by atoms with Crippen LogP contribution in [0.3, 0.4) is 0 Å². The molecule has 152 valence electrons. The summed E-state index contributed by atoms with van der Waals surface area (Å²) < 4.78 is 11.1. The van der Waals surface area contributed by atoms with E-state index in [-0.39, 0.29) is 18.0 Å². The second-order valence-corrected chi connectivity index (χ2v) is 6.95. The van der Waals surface area contributed by atoms with E-state index in [0.29, 0.717) is 37.0 Å². The molecule has 3 aromatic rings. The first-order valence-corrected chi connectivity index (χ1v) is 9.72. The van der Waals surface area contributed by atoms with Gasteiger partial charge in [-0.1, -0.05) is 53.6 Å². The minimum atomic E-state index is -0.934. The first kappa shape index (κ1) is 18.5. The summed E-state index contributed by atoms with van der Waals surface area (Å²) in [6, 6.07) is 17.3. The summed E-state index contributed by atoms with van der Waals surface area (Å²) in [5, 5.41) is 17.2. The molecule has 1 unspecified atom stereocenters. The number of benzodiazepines with no additional fused rings is 1. The van der Waals surface area contributed by atoms with Crippen LogP contribution < -0.4 is 16.0 Å². The van der Waals surface area contributed by atoms with Crippen LogP contribution in [-0.4, -0.2) is 47.7 Å². The maximum Gasteiger partial charge on any atom is 0.317 e. The predicted octanol–water partition coefficient (Wildman–Crippen LogP) is 1.96. The van der Waals surface area contributed by atoms with E-state index in [4.69, 9.17) is 14.1 Å². The van der Waals surface area contributed by atoms with Crippen LogP contribution in [0.15, 0.2) is 64.0 Å². The number of amides is 1. The number of para-hydroxylation sites is 1. The van der Waals surface area contributed by atoms with E-state index in [2.05, 4.69) is 26.1 Å². The smallest absolute Gasteiger partial charge is 0.317 e. The number of aromatic nitrogens is 2. The summed E-state index contributed by atoms with van der Waals surface area (Å²) >= 11 is 0. The summed E-state index contributed by atoms with van der Waals surface area (Å²) in [7, 11) is 0. The fraction of sp³-hybridized carbons (Fsp3) is 0.238. The van der Waals surface area contributed by atoms with Crippen LogP contribution in [0.2, 0.25) is 0 Å². The summed E-state index contributed by atoms with van der Waals surface area (Å²) in [4.78, 5) is 17.6. The van der Waals surface area contributed by atoms with Gasteiger partial charge in [-0.05, 0) is 6.07 Å². The molecule has 5 rings (SSSR count). The number of morpholine rings is 1. The predicted molar refractivity (Wildman–Crippen MR) is 110 cm³/mol. The number of hydrogen-bond donors (Lipinski definition) is 3. The third-order valence-corrected chi connectivity index (χ3v) is 4.91. The molecule has 9 nitrogen and oxygen atoms in total. The van der Waals surface area contributed by atoms with Crippen LogP contribution in [-0.2, 0) is 9.53 Å². The highest BCUT2D eigenvalue weighted by Crippen LogP contribution is 2.25. The third kappa shape index (κ3) is 3.68. The monoisotopic (exact) mass is 404 g/mol. The Morgan fingerprint density at radius 1 is 1.03 bits per heavy atom. The normalized spacial score (nSPS) is 21.2. The Hall–Kier alpha value is -3.56. The zero-order valence-corrected chi connectivity index (χ0v) is 16.0. The Balaban J connectivity index is 1.46. The molecule has 9 heteroatoms. The minimum Gasteiger partial charge on any atom is -0.406 e. The number of benzene rings is 2. The van der Waals surface area contributed by atoms with Gasteiger partial charge in [-0.3, -0.25) is 4.79 Å². The zero-order chi connectivity index (χ0) is 20.3. The van der Waals surface area contributed by atoms with E-state index in [0.717, 1.165) is 11.1 Å². The number of carbonyl (C=O) groups excluding carboxylic acids is 1. The first-order valence-electron chi connectivity index (χ1n) is 9.72. The van der Waals surface area contributed by atoms with Crippen LogP contribution in [0.4, 0.5) is 11.7 Å².